The average molecular weight is 375 g/mol. The molecule has 0 radical (unpaired) electrons. The van der Waals surface area contributed by atoms with Crippen molar-refractivity contribution in [2.24, 2.45) is 0 Å². The lowest BCUT2D eigenvalue weighted by Crippen LogP contribution is -2.37. The highest BCUT2D eigenvalue weighted by molar-refractivity contribution is 6.11. The Hall–Kier alpha value is -3.14. The summed E-state index contributed by atoms with van der Waals surface area (Å²) in [6.45, 7) is 6.24. The number of benzene rings is 3. The topological polar surface area (TPSA) is 49.3 Å². The van der Waals surface area contributed by atoms with Crippen LogP contribution in [-0.2, 0) is 15.6 Å². The molecular formula is C24H22FNO2. The van der Waals surface area contributed by atoms with Crippen molar-refractivity contribution in [3.05, 3.63) is 94.8 Å². The van der Waals surface area contributed by atoms with E-state index in [2.05, 4.69) is 26.1 Å². The molecule has 1 atom stereocenters. The zero-order valence-electron chi connectivity index (χ0n) is 16.1. The molecule has 0 bridgehead atoms. The number of amides is 1. The summed E-state index contributed by atoms with van der Waals surface area (Å²) in [5.41, 5.74) is 2.12. The molecule has 3 aromatic rings. The van der Waals surface area contributed by atoms with Gasteiger partial charge in [-0.15, -0.1) is 0 Å². The molecule has 3 nitrogen and oxygen atoms in total. The van der Waals surface area contributed by atoms with Gasteiger partial charge in [0.1, 0.15) is 17.0 Å². The minimum Gasteiger partial charge on any atom is -0.508 e. The molecule has 0 aromatic heterocycles. The maximum atomic E-state index is 13.6. The lowest BCUT2D eigenvalue weighted by atomic mass is 9.68. The number of halogens is 1. The number of phenolic OH excluding ortho intramolecular Hbond substituents is 1. The minimum atomic E-state index is -1.25. The second-order valence-electron chi connectivity index (χ2n) is 8.24. The van der Waals surface area contributed by atoms with Gasteiger partial charge in [0.2, 0.25) is 5.91 Å². The molecule has 4 heteroatoms. The first-order chi connectivity index (χ1) is 13.2. The predicted octanol–water partition coefficient (Wildman–Crippen LogP) is 5.12. The third kappa shape index (κ3) is 2.60. The van der Waals surface area contributed by atoms with Crippen molar-refractivity contribution in [1.29, 1.82) is 0 Å². The third-order valence-electron chi connectivity index (χ3n) is 5.46. The second-order valence-corrected chi connectivity index (χ2v) is 8.24. The monoisotopic (exact) mass is 375 g/mol. The summed E-state index contributed by atoms with van der Waals surface area (Å²) in [6.07, 6.45) is 0. The molecule has 1 unspecified atom stereocenters. The number of rotatable bonds is 2. The van der Waals surface area contributed by atoms with Gasteiger partial charge in [-0.2, -0.15) is 0 Å². The normalized spacial score (nSPS) is 18.6. The lowest BCUT2D eigenvalue weighted by Gasteiger charge is -2.31. The van der Waals surface area contributed by atoms with Crippen LogP contribution >= 0.6 is 0 Å². The van der Waals surface area contributed by atoms with Crippen molar-refractivity contribution in [2.75, 3.05) is 5.32 Å². The maximum Gasteiger partial charge on any atom is 0.244 e. The van der Waals surface area contributed by atoms with E-state index < -0.39 is 5.41 Å². The van der Waals surface area contributed by atoms with Crippen LogP contribution in [0.1, 0.15) is 43.0 Å². The first-order valence-corrected chi connectivity index (χ1v) is 9.25. The molecule has 142 valence electrons. The highest BCUT2D eigenvalue weighted by Gasteiger charge is 2.51. The maximum absolute atomic E-state index is 13.6. The summed E-state index contributed by atoms with van der Waals surface area (Å²) >= 11 is 0. The standard InChI is InChI=1S/C24H22FNO2/c1-23(2,3)16-10-13-21(27)19(14-16)24(15-8-11-17(25)12-9-15)18-6-4-5-7-20(18)26-22(24)28/h4-14,27H,1-3H3,(H,26,28). The highest BCUT2D eigenvalue weighted by atomic mass is 19.1. The van der Waals surface area contributed by atoms with E-state index >= 15 is 0 Å². The van der Waals surface area contributed by atoms with Gasteiger partial charge in [-0.05, 0) is 46.9 Å². The Kier molecular flexibility index (Phi) is 4.03. The van der Waals surface area contributed by atoms with E-state index in [0.29, 0.717) is 16.8 Å². The van der Waals surface area contributed by atoms with Gasteiger partial charge in [-0.1, -0.05) is 57.2 Å². The fourth-order valence-corrected chi connectivity index (χ4v) is 3.97. The van der Waals surface area contributed by atoms with E-state index in [9.17, 15) is 14.3 Å². The van der Waals surface area contributed by atoms with E-state index in [1.807, 2.05) is 36.4 Å². The zero-order chi connectivity index (χ0) is 20.1. The van der Waals surface area contributed by atoms with Crippen LogP contribution in [0.3, 0.4) is 0 Å². The van der Waals surface area contributed by atoms with Crippen LogP contribution in [-0.4, -0.2) is 11.0 Å². The molecule has 28 heavy (non-hydrogen) atoms. The number of para-hydroxylation sites is 1. The fourth-order valence-electron chi connectivity index (χ4n) is 3.97. The van der Waals surface area contributed by atoms with Crippen LogP contribution in [0.5, 0.6) is 5.75 Å². The largest absolute Gasteiger partial charge is 0.508 e. The molecule has 1 amide bonds. The first-order valence-electron chi connectivity index (χ1n) is 9.25. The molecule has 1 heterocycles. The van der Waals surface area contributed by atoms with Crippen LogP contribution in [0, 0.1) is 5.82 Å². The smallest absolute Gasteiger partial charge is 0.244 e. The van der Waals surface area contributed by atoms with E-state index in [-0.39, 0.29) is 22.9 Å². The lowest BCUT2D eigenvalue weighted by molar-refractivity contribution is -0.118. The van der Waals surface area contributed by atoms with Gasteiger partial charge in [0, 0.05) is 16.8 Å². The van der Waals surface area contributed by atoms with Crippen molar-refractivity contribution in [2.45, 2.75) is 31.6 Å². The van der Waals surface area contributed by atoms with E-state index in [4.69, 9.17) is 0 Å². The summed E-state index contributed by atoms with van der Waals surface area (Å²) in [5.74, 6) is -0.607. The van der Waals surface area contributed by atoms with Crippen LogP contribution in [0.15, 0.2) is 66.7 Å². The summed E-state index contributed by atoms with van der Waals surface area (Å²) in [7, 11) is 0. The van der Waals surface area contributed by atoms with Crippen molar-refractivity contribution < 1.29 is 14.3 Å². The summed E-state index contributed by atoms with van der Waals surface area (Å²) < 4.78 is 13.6. The van der Waals surface area contributed by atoms with Gasteiger partial charge < -0.3 is 10.4 Å². The number of carbonyl (C=O) groups excluding carboxylic acids is 1. The van der Waals surface area contributed by atoms with Gasteiger partial charge in [0.05, 0.1) is 0 Å². The quantitative estimate of drug-likeness (QED) is 0.653. The first kappa shape index (κ1) is 18.2. The molecule has 0 spiro atoms. The second kappa shape index (κ2) is 6.20. The SMILES string of the molecule is CC(C)(C)c1ccc(O)c(C2(c3ccc(F)cc3)C(=O)Nc3ccccc32)c1. The fraction of sp³-hybridized carbons (Fsp3) is 0.208. The number of carbonyl (C=O) groups is 1. The highest BCUT2D eigenvalue weighted by Crippen LogP contribution is 2.50. The number of aromatic hydroxyl groups is 1. The molecule has 0 fully saturated rings. The minimum absolute atomic E-state index is 0.0316. The number of fused-ring (bicyclic) bond motifs is 1. The van der Waals surface area contributed by atoms with Crippen LogP contribution in [0.4, 0.5) is 10.1 Å². The molecule has 0 saturated carbocycles. The number of hydrogen-bond acceptors (Lipinski definition) is 2. The Labute approximate surface area is 163 Å². The van der Waals surface area contributed by atoms with Crippen molar-refractivity contribution >= 4 is 11.6 Å². The molecular weight excluding hydrogens is 353 g/mol. The Morgan fingerprint density at radius 1 is 0.929 bits per heavy atom. The Balaban J connectivity index is 2.10. The molecule has 0 saturated heterocycles. The van der Waals surface area contributed by atoms with Crippen molar-refractivity contribution in [1.82, 2.24) is 0 Å². The third-order valence-corrected chi connectivity index (χ3v) is 5.46. The van der Waals surface area contributed by atoms with Crippen LogP contribution in [0.25, 0.3) is 0 Å². The van der Waals surface area contributed by atoms with Gasteiger partial charge >= 0.3 is 0 Å². The molecule has 2 N–H and O–H groups in total. The molecule has 3 aromatic carbocycles. The van der Waals surface area contributed by atoms with Gasteiger partial charge in [0.15, 0.2) is 0 Å². The average Bonchev–Trinajstić information content (AvgIpc) is 2.94. The summed E-state index contributed by atoms with van der Waals surface area (Å²) in [6, 6.07) is 18.7. The van der Waals surface area contributed by atoms with Crippen LogP contribution < -0.4 is 5.32 Å². The van der Waals surface area contributed by atoms with Crippen molar-refractivity contribution in [3.63, 3.8) is 0 Å². The Morgan fingerprint density at radius 3 is 2.29 bits per heavy atom. The van der Waals surface area contributed by atoms with Crippen molar-refractivity contribution in [3.8, 4) is 5.75 Å². The molecule has 1 aliphatic rings. The van der Waals surface area contributed by atoms with E-state index in [0.717, 1.165) is 11.1 Å². The van der Waals surface area contributed by atoms with E-state index in [1.165, 1.54) is 12.1 Å². The summed E-state index contributed by atoms with van der Waals surface area (Å²) in [4.78, 5) is 13.4. The predicted molar refractivity (Wildman–Crippen MR) is 108 cm³/mol. The number of nitrogens with one attached hydrogen (secondary N) is 1. The Morgan fingerprint density at radius 2 is 1.61 bits per heavy atom. The van der Waals surface area contributed by atoms with Crippen LogP contribution in [0.2, 0.25) is 0 Å². The molecule has 1 aliphatic heterocycles. The van der Waals surface area contributed by atoms with E-state index in [1.54, 1.807) is 18.2 Å². The van der Waals surface area contributed by atoms with Gasteiger partial charge in [-0.25, -0.2) is 4.39 Å². The zero-order valence-corrected chi connectivity index (χ0v) is 16.1. The van der Waals surface area contributed by atoms with Gasteiger partial charge in [-0.3, -0.25) is 4.79 Å². The van der Waals surface area contributed by atoms with Gasteiger partial charge in [0.25, 0.3) is 0 Å². The number of anilines is 1. The number of hydrogen-bond donors (Lipinski definition) is 2. The number of phenols is 1. The Bertz CT molecular complexity index is 1070. The molecule has 0 aliphatic carbocycles. The summed E-state index contributed by atoms with van der Waals surface area (Å²) in [5, 5.41) is 13.8. The molecule has 4 rings (SSSR count).